The molecule has 3 aromatic rings. The summed E-state index contributed by atoms with van der Waals surface area (Å²) in [7, 11) is 0. The molecule has 1 aliphatic carbocycles. The van der Waals surface area contributed by atoms with Crippen molar-refractivity contribution in [3.8, 4) is 0 Å². The van der Waals surface area contributed by atoms with Crippen LogP contribution in [0, 0.1) is 0 Å². The molecule has 0 saturated carbocycles. The molecular weight excluding hydrogens is 244 g/mol. The summed E-state index contributed by atoms with van der Waals surface area (Å²) in [5, 5.41) is 2.06. The molecule has 5 heteroatoms. The fourth-order valence-electron chi connectivity index (χ4n) is 2.69. The second-order valence-electron chi connectivity index (χ2n) is 4.80. The molecule has 3 heterocycles. The molecule has 0 aromatic carbocycles. The van der Waals surface area contributed by atoms with Gasteiger partial charge in [0.2, 0.25) is 0 Å². The Morgan fingerprint density at radius 2 is 2.22 bits per heavy atom. The second-order valence-corrected chi connectivity index (χ2v) is 5.67. The summed E-state index contributed by atoms with van der Waals surface area (Å²) in [6, 6.07) is 0. The monoisotopic (exact) mass is 258 g/mol. The second kappa shape index (κ2) is 3.95. The minimum atomic E-state index is 0.844. The molecule has 18 heavy (non-hydrogen) atoms. The first-order chi connectivity index (χ1) is 8.90. The summed E-state index contributed by atoms with van der Waals surface area (Å²) in [6.45, 7) is 0.844. The molecule has 0 unspecified atom stereocenters. The van der Waals surface area contributed by atoms with Gasteiger partial charge in [-0.05, 0) is 25.7 Å². The molecule has 1 aliphatic rings. The molecule has 0 N–H and O–H groups in total. The number of rotatable bonds is 2. The van der Waals surface area contributed by atoms with E-state index in [0.717, 1.165) is 30.0 Å². The summed E-state index contributed by atoms with van der Waals surface area (Å²) >= 11 is 1.68. The van der Waals surface area contributed by atoms with E-state index in [1.165, 1.54) is 24.2 Å². The Bertz CT molecular complexity index is 662. The third kappa shape index (κ3) is 1.58. The molecule has 0 amide bonds. The highest BCUT2D eigenvalue weighted by atomic mass is 32.1. The van der Waals surface area contributed by atoms with E-state index >= 15 is 0 Å². The van der Waals surface area contributed by atoms with Gasteiger partial charge in [0, 0.05) is 23.5 Å². The number of aromatic nitrogens is 4. The zero-order valence-electron chi connectivity index (χ0n) is 10.0. The van der Waals surface area contributed by atoms with Crippen LogP contribution in [-0.4, -0.2) is 18.9 Å². The lowest BCUT2D eigenvalue weighted by Crippen LogP contribution is -2.09. The van der Waals surface area contributed by atoms with Crippen molar-refractivity contribution < 1.29 is 0 Å². The third-order valence-corrected chi connectivity index (χ3v) is 4.36. The molecule has 0 aliphatic heterocycles. The van der Waals surface area contributed by atoms with Crippen LogP contribution in [0.4, 0.5) is 0 Å². The summed E-state index contributed by atoms with van der Waals surface area (Å²) in [4.78, 5) is 10.2. The van der Waals surface area contributed by atoms with E-state index in [9.17, 15) is 0 Å². The van der Waals surface area contributed by atoms with Gasteiger partial charge < -0.3 is 4.57 Å². The zero-order valence-corrected chi connectivity index (χ0v) is 10.9. The molecule has 4 nitrogen and oxygen atoms in total. The Labute approximate surface area is 109 Å². The van der Waals surface area contributed by atoms with Crippen molar-refractivity contribution in [3.63, 3.8) is 0 Å². The maximum Gasteiger partial charge on any atom is 0.193 e. The van der Waals surface area contributed by atoms with Crippen LogP contribution in [0.5, 0.6) is 0 Å². The topological polar surface area (TPSA) is 35.1 Å². The van der Waals surface area contributed by atoms with Gasteiger partial charge in [-0.15, -0.1) is 11.3 Å². The van der Waals surface area contributed by atoms with Gasteiger partial charge in [0.25, 0.3) is 0 Å². The Balaban J connectivity index is 1.68. The highest BCUT2D eigenvalue weighted by Gasteiger charge is 2.15. The summed E-state index contributed by atoms with van der Waals surface area (Å²) in [6.07, 6.45) is 11.0. The predicted octanol–water partition coefficient (Wildman–Crippen LogP) is 2.52. The number of hydrogen-bond acceptors (Lipinski definition) is 3. The van der Waals surface area contributed by atoms with Crippen LogP contribution in [-0.2, 0) is 19.4 Å². The SMILES string of the molecule is c1cn2cc(Cn3cnc4c3CCCC4)nc2s1. The summed E-state index contributed by atoms with van der Waals surface area (Å²) < 4.78 is 4.35. The Hall–Kier alpha value is -1.62. The average Bonchev–Trinajstić information content (AvgIpc) is 3.04. The Kier molecular flexibility index (Phi) is 2.26. The number of thiazole rings is 1. The third-order valence-electron chi connectivity index (χ3n) is 3.59. The number of hydrogen-bond donors (Lipinski definition) is 0. The summed E-state index contributed by atoms with van der Waals surface area (Å²) in [5.41, 5.74) is 3.83. The highest BCUT2D eigenvalue weighted by molar-refractivity contribution is 7.15. The quantitative estimate of drug-likeness (QED) is 0.708. The lowest BCUT2D eigenvalue weighted by molar-refractivity contribution is 0.626. The van der Waals surface area contributed by atoms with Crippen LogP contribution in [0.3, 0.4) is 0 Å². The van der Waals surface area contributed by atoms with E-state index in [-0.39, 0.29) is 0 Å². The molecule has 0 atom stereocenters. The van der Waals surface area contributed by atoms with Gasteiger partial charge in [-0.2, -0.15) is 0 Å². The number of imidazole rings is 2. The van der Waals surface area contributed by atoms with Crippen LogP contribution >= 0.6 is 11.3 Å². The number of nitrogens with zero attached hydrogens (tertiary/aromatic N) is 4. The largest absolute Gasteiger partial charge is 0.328 e. The molecule has 0 bridgehead atoms. The molecule has 3 aromatic heterocycles. The molecule has 0 radical (unpaired) electrons. The standard InChI is InChI=1S/C13H14N4S/c1-2-4-12-11(3-1)14-9-17(12)8-10-7-16-5-6-18-13(16)15-10/h5-7,9H,1-4,8H2. The minimum Gasteiger partial charge on any atom is -0.328 e. The lowest BCUT2D eigenvalue weighted by atomic mass is 10.0. The number of fused-ring (bicyclic) bond motifs is 2. The normalized spacial score (nSPS) is 15.1. The van der Waals surface area contributed by atoms with Gasteiger partial charge in [0.1, 0.15) is 0 Å². The molecule has 0 fully saturated rings. The van der Waals surface area contributed by atoms with Gasteiger partial charge in [-0.3, -0.25) is 4.40 Å². The average molecular weight is 258 g/mol. The van der Waals surface area contributed by atoms with E-state index in [1.807, 2.05) is 6.33 Å². The van der Waals surface area contributed by atoms with Crippen molar-refractivity contribution in [1.29, 1.82) is 0 Å². The fourth-order valence-corrected chi connectivity index (χ4v) is 3.41. The van der Waals surface area contributed by atoms with Crippen molar-refractivity contribution in [3.05, 3.63) is 41.2 Å². The predicted molar refractivity (Wildman–Crippen MR) is 71.0 cm³/mol. The maximum absolute atomic E-state index is 4.63. The van der Waals surface area contributed by atoms with Crippen molar-refractivity contribution in [2.24, 2.45) is 0 Å². The van der Waals surface area contributed by atoms with Gasteiger partial charge in [0.05, 0.1) is 24.3 Å². The molecule has 92 valence electrons. The minimum absolute atomic E-state index is 0.844. The van der Waals surface area contributed by atoms with Crippen molar-refractivity contribution in [2.45, 2.75) is 32.2 Å². The van der Waals surface area contributed by atoms with Crippen LogP contribution in [0.25, 0.3) is 4.96 Å². The number of aryl methyl sites for hydroxylation is 1. The Morgan fingerprint density at radius 1 is 1.28 bits per heavy atom. The smallest absolute Gasteiger partial charge is 0.193 e. The van der Waals surface area contributed by atoms with E-state index in [2.05, 4.69) is 36.7 Å². The van der Waals surface area contributed by atoms with Crippen molar-refractivity contribution >= 4 is 16.3 Å². The molecular formula is C13H14N4S. The molecule has 4 rings (SSSR count). The van der Waals surface area contributed by atoms with E-state index in [4.69, 9.17) is 0 Å². The van der Waals surface area contributed by atoms with Crippen LogP contribution < -0.4 is 0 Å². The van der Waals surface area contributed by atoms with Gasteiger partial charge in [0.15, 0.2) is 4.96 Å². The van der Waals surface area contributed by atoms with E-state index in [1.54, 1.807) is 11.3 Å². The zero-order chi connectivity index (χ0) is 11.9. The first-order valence-corrected chi connectivity index (χ1v) is 7.22. The fraction of sp³-hybridized carbons (Fsp3) is 0.385. The van der Waals surface area contributed by atoms with Gasteiger partial charge in [-0.25, -0.2) is 9.97 Å². The van der Waals surface area contributed by atoms with E-state index in [0.29, 0.717) is 0 Å². The molecule has 0 saturated heterocycles. The first kappa shape index (κ1) is 10.3. The van der Waals surface area contributed by atoms with Crippen LogP contribution in [0.15, 0.2) is 24.1 Å². The Morgan fingerprint density at radius 3 is 3.17 bits per heavy atom. The van der Waals surface area contributed by atoms with E-state index < -0.39 is 0 Å². The maximum atomic E-state index is 4.63. The van der Waals surface area contributed by atoms with Crippen molar-refractivity contribution in [1.82, 2.24) is 18.9 Å². The van der Waals surface area contributed by atoms with Crippen molar-refractivity contribution in [2.75, 3.05) is 0 Å². The van der Waals surface area contributed by atoms with Crippen LogP contribution in [0.2, 0.25) is 0 Å². The lowest BCUT2D eigenvalue weighted by Gasteiger charge is -2.13. The van der Waals surface area contributed by atoms with Crippen LogP contribution in [0.1, 0.15) is 29.9 Å². The molecule has 0 spiro atoms. The van der Waals surface area contributed by atoms with Gasteiger partial charge in [-0.1, -0.05) is 0 Å². The highest BCUT2D eigenvalue weighted by Crippen LogP contribution is 2.21. The van der Waals surface area contributed by atoms with Gasteiger partial charge >= 0.3 is 0 Å². The first-order valence-electron chi connectivity index (χ1n) is 6.34. The summed E-state index contributed by atoms with van der Waals surface area (Å²) in [5.74, 6) is 0.